The van der Waals surface area contributed by atoms with E-state index in [1.165, 1.54) is 7.11 Å². The van der Waals surface area contributed by atoms with Crippen LogP contribution in [0.15, 0.2) is 47.4 Å². The highest BCUT2D eigenvalue weighted by Gasteiger charge is 2.19. The summed E-state index contributed by atoms with van der Waals surface area (Å²) in [5.74, 6) is -2.50. The SMILES string of the molecule is COc1ccccc1NC(=O)COC(=O)c1cc(S(N)(=O)=O)ccc1F. The summed E-state index contributed by atoms with van der Waals surface area (Å²) in [4.78, 5) is 23.3. The van der Waals surface area contributed by atoms with Crippen molar-refractivity contribution in [1.29, 1.82) is 0 Å². The van der Waals surface area contributed by atoms with Gasteiger partial charge in [0.05, 0.1) is 23.3 Å². The van der Waals surface area contributed by atoms with Crippen LogP contribution in [0.2, 0.25) is 0 Å². The Morgan fingerprint density at radius 2 is 1.88 bits per heavy atom. The highest BCUT2D eigenvalue weighted by atomic mass is 32.2. The first-order valence-electron chi connectivity index (χ1n) is 7.14. The molecule has 3 N–H and O–H groups in total. The number of amides is 1. The number of sulfonamides is 1. The van der Waals surface area contributed by atoms with Gasteiger partial charge < -0.3 is 14.8 Å². The zero-order valence-electron chi connectivity index (χ0n) is 13.6. The Morgan fingerprint density at radius 1 is 1.19 bits per heavy atom. The molecule has 8 nitrogen and oxygen atoms in total. The fourth-order valence-corrected chi connectivity index (χ4v) is 2.52. The summed E-state index contributed by atoms with van der Waals surface area (Å²) in [5, 5.41) is 7.40. The van der Waals surface area contributed by atoms with E-state index in [-0.39, 0.29) is 0 Å². The second-order valence-corrected chi connectivity index (χ2v) is 6.57. The molecular formula is C16H15FN2O6S. The average molecular weight is 382 g/mol. The minimum absolute atomic E-state index is 0.360. The number of nitrogens with two attached hydrogens (primary N) is 1. The van der Waals surface area contributed by atoms with Crippen LogP contribution in [0.1, 0.15) is 10.4 Å². The van der Waals surface area contributed by atoms with Gasteiger partial charge in [-0.3, -0.25) is 4.79 Å². The van der Waals surface area contributed by atoms with Gasteiger partial charge in [-0.05, 0) is 30.3 Å². The van der Waals surface area contributed by atoms with Crippen molar-refractivity contribution in [3.63, 3.8) is 0 Å². The van der Waals surface area contributed by atoms with Crippen molar-refractivity contribution >= 4 is 27.6 Å². The second kappa shape index (κ2) is 7.93. The maximum absolute atomic E-state index is 13.7. The number of carbonyl (C=O) groups excluding carboxylic acids is 2. The quantitative estimate of drug-likeness (QED) is 0.725. The maximum Gasteiger partial charge on any atom is 0.341 e. The van der Waals surface area contributed by atoms with Gasteiger partial charge in [-0.1, -0.05) is 12.1 Å². The number of anilines is 1. The van der Waals surface area contributed by atoms with Crippen LogP contribution in [0, 0.1) is 5.82 Å². The molecule has 0 aliphatic heterocycles. The van der Waals surface area contributed by atoms with Crippen LogP contribution in [0.3, 0.4) is 0 Å². The van der Waals surface area contributed by atoms with Crippen molar-refractivity contribution < 1.29 is 31.9 Å². The molecule has 0 saturated heterocycles. The summed E-state index contributed by atoms with van der Waals surface area (Å²) in [6, 6.07) is 8.99. The number of hydrogen-bond donors (Lipinski definition) is 2. The lowest BCUT2D eigenvalue weighted by Gasteiger charge is -2.10. The van der Waals surface area contributed by atoms with Gasteiger partial charge in [0.1, 0.15) is 11.6 Å². The lowest BCUT2D eigenvalue weighted by molar-refractivity contribution is -0.119. The second-order valence-electron chi connectivity index (χ2n) is 5.01. The maximum atomic E-state index is 13.7. The molecule has 0 aromatic heterocycles. The Balaban J connectivity index is 2.06. The Kier molecular flexibility index (Phi) is 5.90. The molecule has 0 bridgehead atoms. The molecule has 0 fully saturated rings. The Labute approximate surface area is 148 Å². The average Bonchev–Trinajstić information content (AvgIpc) is 2.59. The summed E-state index contributed by atoms with van der Waals surface area (Å²) in [6.07, 6.45) is 0. The minimum atomic E-state index is -4.12. The molecule has 138 valence electrons. The van der Waals surface area contributed by atoms with E-state index in [2.05, 4.69) is 5.32 Å². The van der Waals surface area contributed by atoms with Crippen molar-refractivity contribution in [1.82, 2.24) is 0 Å². The van der Waals surface area contributed by atoms with Crippen molar-refractivity contribution in [3.05, 3.63) is 53.8 Å². The fraction of sp³-hybridized carbons (Fsp3) is 0.125. The lowest BCUT2D eigenvalue weighted by atomic mass is 10.2. The number of benzene rings is 2. The molecule has 0 unspecified atom stereocenters. The van der Waals surface area contributed by atoms with Gasteiger partial charge in [-0.15, -0.1) is 0 Å². The Bertz CT molecular complexity index is 946. The van der Waals surface area contributed by atoms with Crippen molar-refractivity contribution in [2.75, 3.05) is 19.0 Å². The van der Waals surface area contributed by atoms with Crippen LogP contribution in [0.5, 0.6) is 5.75 Å². The van der Waals surface area contributed by atoms with Crippen molar-refractivity contribution in [3.8, 4) is 5.75 Å². The molecule has 0 heterocycles. The number of methoxy groups -OCH3 is 1. The van der Waals surface area contributed by atoms with Crippen LogP contribution in [-0.2, 0) is 19.6 Å². The number of hydrogen-bond acceptors (Lipinski definition) is 6. The van der Waals surface area contributed by atoms with Crippen LogP contribution >= 0.6 is 0 Å². The number of ether oxygens (including phenoxy) is 2. The number of para-hydroxylation sites is 2. The van der Waals surface area contributed by atoms with Gasteiger partial charge in [0.15, 0.2) is 6.61 Å². The summed E-state index contributed by atoms with van der Waals surface area (Å²) in [6.45, 7) is -0.712. The minimum Gasteiger partial charge on any atom is -0.495 e. The predicted molar refractivity (Wildman–Crippen MR) is 89.7 cm³/mol. The molecule has 26 heavy (non-hydrogen) atoms. The third-order valence-electron chi connectivity index (χ3n) is 3.20. The molecule has 0 aliphatic rings. The molecule has 2 aromatic carbocycles. The molecule has 0 spiro atoms. The lowest BCUT2D eigenvalue weighted by Crippen LogP contribution is -2.22. The monoisotopic (exact) mass is 382 g/mol. The molecule has 2 rings (SSSR count). The molecule has 2 aromatic rings. The van der Waals surface area contributed by atoms with Crippen LogP contribution in [0.4, 0.5) is 10.1 Å². The van der Waals surface area contributed by atoms with E-state index in [9.17, 15) is 22.4 Å². The first-order chi connectivity index (χ1) is 12.2. The number of carbonyl (C=O) groups is 2. The first-order valence-corrected chi connectivity index (χ1v) is 8.69. The van der Waals surface area contributed by atoms with E-state index in [0.717, 1.165) is 18.2 Å². The molecule has 0 atom stereocenters. The number of nitrogens with one attached hydrogen (secondary N) is 1. The van der Waals surface area contributed by atoms with E-state index in [0.29, 0.717) is 11.4 Å². The smallest absolute Gasteiger partial charge is 0.341 e. The van der Waals surface area contributed by atoms with Gasteiger partial charge in [-0.25, -0.2) is 22.7 Å². The van der Waals surface area contributed by atoms with Gasteiger partial charge >= 0.3 is 5.97 Å². The Hall–Kier alpha value is -2.98. The third kappa shape index (κ3) is 4.77. The molecule has 10 heteroatoms. The van der Waals surface area contributed by atoms with Crippen molar-refractivity contribution in [2.24, 2.45) is 5.14 Å². The zero-order chi connectivity index (χ0) is 19.3. The zero-order valence-corrected chi connectivity index (χ0v) is 14.4. The summed E-state index contributed by atoms with van der Waals surface area (Å²) in [5.41, 5.74) is -0.292. The van der Waals surface area contributed by atoms with Gasteiger partial charge in [0.25, 0.3) is 5.91 Å². The summed E-state index contributed by atoms with van der Waals surface area (Å²) < 4.78 is 46.1. The number of primary sulfonamides is 1. The molecule has 1 amide bonds. The van der Waals surface area contributed by atoms with E-state index in [4.69, 9.17) is 14.6 Å². The van der Waals surface area contributed by atoms with E-state index in [1.54, 1.807) is 24.3 Å². The van der Waals surface area contributed by atoms with E-state index < -0.39 is 44.8 Å². The van der Waals surface area contributed by atoms with Gasteiger partial charge in [0.2, 0.25) is 10.0 Å². The van der Waals surface area contributed by atoms with Crippen LogP contribution in [-0.4, -0.2) is 34.0 Å². The Morgan fingerprint density at radius 3 is 2.54 bits per heavy atom. The standard InChI is InChI=1S/C16H15FN2O6S/c1-24-14-5-3-2-4-13(14)19-15(20)9-25-16(21)11-8-10(26(18,22)23)6-7-12(11)17/h2-8H,9H2,1H3,(H,19,20)(H2,18,22,23). The fourth-order valence-electron chi connectivity index (χ4n) is 1.98. The third-order valence-corrected chi connectivity index (χ3v) is 4.11. The largest absolute Gasteiger partial charge is 0.495 e. The summed E-state index contributed by atoms with van der Waals surface area (Å²) in [7, 11) is -2.70. The van der Waals surface area contributed by atoms with Crippen LogP contribution in [0.25, 0.3) is 0 Å². The molecule has 0 saturated carbocycles. The summed E-state index contributed by atoms with van der Waals surface area (Å²) >= 11 is 0. The van der Waals surface area contributed by atoms with E-state index in [1.807, 2.05) is 0 Å². The number of esters is 1. The highest BCUT2D eigenvalue weighted by Crippen LogP contribution is 2.22. The predicted octanol–water partition coefficient (Wildman–Crippen LogP) is 1.28. The molecule has 0 aliphatic carbocycles. The van der Waals surface area contributed by atoms with Crippen LogP contribution < -0.4 is 15.2 Å². The molecular weight excluding hydrogens is 367 g/mol. The first kappa shape index (κ1) is 19.3. The number of rotatable bonds is 6. The van der Waals surface area contributed by atoms with Gasteiger partial charge in [0, 0.05) is 0 Å². The van der Waals surface area contributed by atoms with Gasteiger partial charge in [-0.2, -0.15) is 0 Å². The topological polar surface area (TPSA) is 125 Å². The normalized spacial score (nSPS) is 10.9. The van der Waals surface area contributed by atoms with Crippen molar-refractivity contribution in [2.45, 2.75) is 4.90 Å². The van der Waals surface area contributed by atoms with E-state index >= 15 is 0 Å². The number of halogens is 1. The molecule has 0 radical (unpaired) electrons. The highest BCUT2D eigenvalue weighted by molar-refractivity contribution is 7.89.